The van der Waals surface area contributed by atoms with E-state index in [2.05, 4.69) is 15.9 Å². The first-order valence-electron chi connectivity index (χ1n) is 5.24. The van der Waals surface area contributed by atoms with Crippen LogP contribution >= 0.6 is 15.9 Å². The quantitative estimate of drug-likeness (QED) is 0.766. The molecule has 94 valence electrons. The van der Waals surface area contributed by atoms with Gasteiger partial charge in [0, 0.05) is 17.4 Å². The summed E-state index contributed by atoms with van der Waals surface area (Å²) >= 11 is 3.16. The predicted molar refractivity (Wildman–Crippen MR) is 66.9 cm³/mol. The molecule has 0 aliphatic rings. The Morgan fingerprint density at radius 3 is 2.71 bits per heavy atom. The first kappa shape index (κ1) is 14.1. The van der Waals surface area contributed by atoms with Crippen molar-refractivity contribution in [2.45, 2.75) is 13.3 Å². The lowest BCUT2D eigenvalue weighted by molar-refractivity contribution is 0.0572. The van der Waals surface area contributed by atoms with Gasteiger partial charge in [-0.15, -0.1) is 0 Å². The van der Waals surface area contributed by atoms with Gasteiger partial charge in [0.05, 0.1) is 6.54 Å². The Hall–Kier alpha value is -0.970. The van der Waals surface area contributed by atoms with Crippen molar-refractivity contribution in [3.8, 4) is 0 Å². The zero-order chi connectivity index (χ0) is 12.8. The Morgan fingerprint density at radius 1 is 1.47 bits per heavy atom. The van der Waals surface area contributed by atoms with Gasteiger partial charge in [0.2, 0.25) is 0 Å². The summed E-state index contributed by atoms with van der Waals surface area (Å²) in [7, 11) is 0. The summed E-state index contributed by atoms with van der Waals surface area (Å²) in [6.07, 6.45) is -2.51. The lowest BCUT2D eigenvalue weighted by Gasteiger charge is -2.21. The van der Waals surface area contributed by atoms with Crippen molar-refractivity contribution < 1.29 is 13.6 Å². The van der Waals surface area contributed by atoms with Crippen LogP contribution in [0.15, 0.2) is 24.3 Å². The molecule has 0 heterocycles. The molecule has 0 bridgehead atoms. The molecule has 17 heavy (non-hydrogen) atoms. The van der Waals surface area contributed by atoms with Gasteiger partial charge in [-0.3, -0.25) is 4.79 Å². The number of carbonyl (C=O) groups is 1. The summed E-state index contributed by atoms with van der Waals surface area (Å²) < 4.78 is 24.7. The Balaban J connectivity index is 2.83. The minimum absolute atomic E-state index is 0.275. The van der Waals surface area contributed by atoms with Crippen molar-refractivity contribution in [2.75, 3.05) is 18.4 Å². The van der Waals surface area contributed by atoms with E-state index >= 15 is 0 Å². The molecular formula is C12H14BrF2NO. The highest BCUT2D eigenvalue weighted by Gasteiger charge is 2.18. The molecule has 0 radical (unpaired) electrons. The molecule has 0 unspecified atom stereocenters. The van der Waals surface area contributed by atoms with Crippen LogP contribution in [0.2, 0.25) is 0 Å². The molecule has 1 amide bonds. The third-order valence-corrected chi connectivity index (χ3v) is 2.62. The fraction of sp³-hybridized carbons (Fsp3) is 0.417. The van der Waals surface area contributed by atoms with Crippen LogP contribution < -0.4 is 0 Å². The van der Waals surface area contributed by atoms with Crippen LogP contribution in [0, 0.1) is 6.92 Å². The number of aryl methyl sites for hydroxylation is 1. The third-order valence-electron chi connectivity index (χ3n) is 2.27. The minimum atomic E-state index is -2.51. The summed E-state index contributed by atoms with van der Waals surface area (Å²) in [5, 5.41) is 0.483. The SMILES string of the molecule is Cc1cccc(C(=O)N(CCBr)CC(F)F)c1. The van der Waals surface area contributed by atoms with Crippen molar-refractivity contribution in [3.05, 3.63) is 35.4 Å². The van der Waals surface area contributed by atoms with Gasteiger partial charge in [0.25, 0.3) is 12.3 Å². The minimum Gasteiger partial charge on any atom is -0.332 e. The van der Waals surface area contributed by atoms with Crippen LogP contribution in [-0.4, -0.2) is 35.7 Å². The number of benzene rings is 1. The smallest absolute Gasteiger partial charge is 0.255 e. The Kier molecular flexibility index (Phi) is 5.55. The van der Waals surface area contributed by atoms with E-state index in [0.29, 0.717) is 10.9 Å². The summed E-state index contributed by atoms with van der Waals surface area (Å²) in [6, 6.07) is 6.95. The van der Waals surface area contributed by atoms with Crippen molar-refractivity contribution in [3.63, 3.8) is 0 Å². The van der Waals surface area contributed by atoms with Gasteiger partial charge >= 0.3 is 0 Å². The fourth-order valence-corrected chi connectivity index (χ4v) is 1.93. The molecule has 0 atom stereocenters. The number of hydrogen-bond donors (Lipinski definition) is 0. The van der Waals surface area contributed by atoms with E-state index in [1.165, 1.54) is 0 Å². The van der Waals surface area contributed by atoms with E-state index in [0.717, 1.165) is 10.5 Å². The maximum Gasteiger partial charge on any atom is 0.255 e. The lowest BCUT2D eigenvalue weighted by Crippen LogP contribution is -2.36. The van der Waals surface area contributed by atoms with Crippen LogP contribution in [0.4, 0.5) is 8.78 Å². The standard InChI is InChI=1S/C12H14BrF2NO/c1-9-3-2-4-10(7-9)12(17)16(6-5-13)8-11(14)15/h2-4,7,11H,5-6,8H2,1H3. The second-order valence-electron chi connectivity index (χ2n) is 3.70. The van der Waals surface area contributed by atoms with Crippen molar-refractivity contribution >= 4 is 21.8 Å². The molecule has 0 aliphatic carbocycles. The van der Waals surface area contributed by atoms with Gasteiger partial charge in [-0.05, 0) is 19.1 Å². The molecule has 2 nitrogen and oxygen atoms in total. The first-order chi connectivity index (χ1) is 8.04. The molecule has 0 fully saturated rings. The highest BCUT2D eigenvalue weighted by molar-refractivity contribution is 9.09. The van der Waals surface area contributed by atoms with E-state index in [1.807, 2.05) is 13.0 Å². The number of halogens is 3. The average molecular weight is 306 g/mol. The highest BCUT2D eigenvalue weighted by Crippen LogP contribution is 2.10. The van der Waals surface area contributed by atoms with Crippen LogP contribution in [0.3, 0.4) is 0 Å². The molecule has 5 heteroatoms. The third kappa shape index (κ3) is 4.42. The van der Waals surface area contributed by atoms with Crippen molar-refractivity contribution in [1.82, 2.24) is 4.90 Å². The second kappa shape index (κ2) is 6.69. The summed E-state index contributed by atoms with van der Waals surface area (Å²) in [5.41, 5.74) is 1.39. The Morgan fingerprint density at radius 2 is 2.18 bits per heavy atom. The van der Waals surface area contributed by atoms with Crippen molar-refractivity contribution in [1.29, 1.82) is 0 Å². The van der Waals surface area contributed by atoms with Gasteiger partial charge in [-0.25, -0.2) is 8.78 Å². The van der Waals surface area contributed by atoms with Gasteiger partial charge < -0.3 is 4.90 Å². The van der Waals surface area contributed by atoms with Crippen LogP contribution in [0.1, 0.15) is 15.9 Å². The summed E-state index contributed by atoms with van der Waals surface area (Å²) in [6.45, 7) is 1.61. The number of rotatable bonds is 5. The van der Waals surface area contributed by atoms with Crippen LogP contribution in [0.25, 0.3) is 0 Å². The largest absolute Gasteiger partial charge is 0.332 e. The van der Waals surface area contributed by atoms with Crippen LogP contribution in [0.5, 0.6) is 0 Å². The Bertz CT molecular complexity index is 385. The number of hydrogen-bond acceptors (Lipinski definition) is 1. The van der Waals surface area contributed by atoms with Gasteiger partial charge in [-0.2, -0.15) is 0 Å². The predicted octanol–water partition coefficient (Wildman–Crippen LogP) is 3.10. The molecule has 0 aliphatic heterocycles. The van der Waals surface area contributed by atoms with E-state index in [9.17, 15) is 13.6 Å². The molecule has 1 aromatic rings. The van der Waals surface area contributed by atoms with E-state index in [4.69, 9.17) is 0 Å². The zero-order valence-electron chi connectivity index (χ0n) is 9.50. The number of nitrogens with zero attached hydrogens (tertiary/aromatic N) is 1. The fourth-order valence-electron chi connectivity index (χ4n) is 1.51. The Labute approximate surface area is 108 Å². The monoisotopic (exact) mass is 305 g/mol. The van der Waals surface area contributed by atoms with Gasteiger partial charge in [-0.1, -0.05) is 33.6 Å². The molecule has 0 N–H and O–H groups in total. The zero-order valence-corrected chi connectivity index (χ0v) is 11.1. The lowest BCUT2D eigenvalue weighted by atomic mass is 10.1. The molecule has 0 aromatic heterocycles. The van der Waals surface area contributed by atoms with E-state index in [1.54, 1.807) is 18.2 Å². The number of amides is 1. The number of carbonyl (C=O) groups excluding carboxylic acids is 1. The summed E-state index contributed by atoms with van der Waals surface area (Å²) in [5.74, 6) is -0.353. The molecule has 1 rings (SSSR count). The van der Waals surface area contributed by atoms with Gasteiger partial charge in [0.1, 0.15) is 0 Å². The number of alkyl halides is 3. The molecular weight excluding hydrogens is 292 g/mol. The molecule has 0 spiro atoms. The maximum absolute atomic E-state index is 12.4. The topological polar surface area (TPSA) is 20.3 Å². The first-order valence-corrected chi connectivity index (χ1v) is 6.36. The highest BCUT2D eigenvalue weighted by atomic mass is 79.9. The average Bonchev–Trinajstić information content (AvgIpc) is 2.27. The van der Waals surface area contributed by atoms with E-state index < -0.39 is 13.0 Å². The van der Waals surface area contributed by atoms with Crippen molar-refractivity contribution in [2.24, 2.45) is 0 Å². The molecule has 0 saturated carbocycles. The second-order valence-corrected chi connectivity index (χ2v) is 4.49. The van der Waals surface area contributed by atoms with E-state index in [-0.39, 0.29) is 12.5 Å². The van der Waals surface area contributed by atoms with Gasteiger partial charge in [0.15, 0.2) is 0 Å². The molecule has 0 saturated heterocycles. The summed E-state index contributed by atoms with van der Waals surface area (Å²) in [4.78, 5) is 13.2. The normalized spacial score (nSPS) is 10.6. The maximum atomic E-state index is 12.4. The van der Waals surface area contributed by atoms with Crippen LogP contribution in [-0.2, 0) is 0 Å². The molecule has 1 aromatic carbocycles.